The predicted octanol–water partition coefficient (Wildman–Crippen LogP) is 6.41. The van der Waals surface area contributed by atoms with Crippen molar-refractivity contribution in [2.75, 3.05) is 6.61 Å². The minimum atomic E-state index is -0.761. The number of hydrogen-bond acceptors (Lipinski definition) is 5. The first-order valence-electron chi connectivity index (χ1n) is 9.09. The van der Waals surface area contributed by atoms with Crippen LogP contribution in [0.1, 0.15) is 15.9 Å². The molecule has 0 atom stereocenters. The maximum atomic E-state index is 13.4. The highest BCUT2D eigenvalue weighted by Crippen LogP contribution is 2.33. The maximum Gasteiger partial charge on any atom is 0.343 e. The summed E-state index contributed by atoms with van der Waals surface area (Å²) < 4.78 is 25.3. The van der Waals surface area contributed by atoms with Crippen molar-refractivity contribution in [3.63, 3.8) is 0 Å². The second-order valence-electron chi connectivity index (χ2n) is 6.36. The van der Waals surface area contributed by atoms with Gasteiger partial charge in [-0.3, -0.25) is 4.79 Å². The Kier molecular flexibility index (Phi) is 8.85. The molecule has 170 valence electrons. The van der Waals surface area contributed by atoms with Crippen LogP contribution >= 0.6 is 55.1 Å². The Morgan fingerprint density at radius 3 is 2.64 bits per heavy atom. The molecule has 1 N–H and O–H groups in total. The van der Waals surface area contributed by atoms with Crippen LogP contribution in [-0.2, 0) is 4.79 Å². The number of carbonyl (C=O) groups is 2. The van der Waals surface area contributed by atoms with Gasteiger partial charge in [0.05, 0.1) is 21.3 Å². The standard InChI is InChI=1S/C22H13Br2Cl2FN2O4/c23-14-6-13(10-28-29-20(30)11-32-19-9-15(25)4-5-18(19)26)21(17(24)8-14)33-22(31)12-2-1-3-16(27)7-12/h1-10H,11H2,(H,29,30). The number of carbonyl (C=O) groups excluding carboxylic acids is 2. The minimum absolute atomic E-state index is 0.0397. The summed E-state index contributed by atoms with van der Waals surface area (Å²) in [6.45, 7) is -0.360. The zero-order valence-corrected chi connectivity index (χ0v) is 21.1. The van der Waals surface area contributed by atoms with Crippen LogP contribution in [0.5, 0.6) is 11.5 Å². The Hall–Kier alpha value is -2.46. The lowest BCUT2D eigenvalue weighted by Gasteiger charge is -2.11. The zero-order chi connectivity index (χ0) is 24.0. The van der Waals surface area contributed by atoms with Crippen LogP contribution in [0.15, 0.2) is 68.6 Å². The van der Waals surface area contributed by atoms with E-state index in [4.69, 9.17) is 32.7 Å². The lowest BCUT2D eigenvalue weighted by molar-refractivity contribution is -0.123. The van der Waals surface area contributed by atoms with Gasteiger partial charge in [0, 0.05) is 21.1 Å². The van der Waals surface area contributed by atoms with Gasteiger partial charge in [-0.15, -0.1) is 0 Å². The maximum absolute atomic E-state index is 13.4. The molecule has 0 unspecified atom stereocenters. The summed E-state index contributed by atoms with van der Waals surface area (Å²) in [4.78, 5) is 24.5. The van der Waals surface area contributed by atoms with Crippen molar-refractivity contribution in [3.05, 3.63) is 90.5 Å². The number of ether oxygens (including phenoxy) is 2. The number of hydrazone groups is 1. The quantitative estimate of drug-likeness (QED) is 0.144. The molecule has 0 aliphatic carbocycles. The molecule has 0 fully saturated rings. The van der Waals surface area contributed by atoms with Gasteiger partial charge in [-0.2, -0.15) is 5.10 Å². The first kappa shape index (κ1) is 25.2. The minimum Gasteiger partial charge on any atom is -0.482 e. The number of amides is 1. The molecule has 0 heterocycles. The highest BCUT2D eigenvalue weighted by Gasteiger charge is 2.16. The van der Waals surface area contributed by atoms with E-state index in [9.17, 15) is 14.0 Å². The van der Waals surface area contributed by atoms with Crippen LogP contribution < -0.4 is 14.9 Å². The summed E-state index contributed by atoms with van der Waals surface area (Å²) in [5.74, 6) is -1.50. The summed E-state index contributed by atoms with van der Waals surface area (Å²) >= 11 is 18.5. The number of hydrogen-bond donors (Lipinski definition) is 1. The lowest BCUT2D eigenvalue weighted by Crippen LogP contribution is -2.24. The van der Waals surface area contributed by atoms with Gasteiger partial charge in [0.1, 0.15) is 11.6 Å². The lowest BCUT2D eigenvalue weighted by atomic mass is 10.2. The second kappa shape index (κ2) is 11.6. The highest BCUT2D eigenvalue weighted by molar-refractivity contribution is 9.11. The van der Waals surface area contributed by atoms with Gasteiger partial charge in [0.25, 0.3) is 5.91 Å². The van der Waals surface area contributed by atoms with E-state index in [1.807, 2.05) is 0 Å². The smallest absolute Gasteiger partial charge is 0.343 e. The Morgan fingerprint density at radius 1 is 1.09 bits per heavy atom. The molecule has 11 heteroatoms. The molecule has 1 amide bonds. The van der Waals surface area contributed by atoms with Crippen LogP contribution in [0, 0.1) is 5.82 Å². The normalized spacial score (nSPS) is 10.8. The summed E-state index contributed by atoms with van der Waals surface area (Å²) in [6.07, 6.45) is 1.29. The Balaban J connectivity index is 1.69. The van der Waals surface area contributed by atoms with E-state index in [1.165, 1.54) is 30.5 Å². The van der Waals surface area contributed by atoms with Gasteiger partial charge in [-0.1, -0.05) is 45.2 Å². The molecule has 0 aromatic heterocycles. The number of nitrogens with zero attached hydrogens (tertiary/aromatic N) is 1. The van der Waals surface area contributed by atoms with Crippen molar-refractivity contribution in [2.24, 2.45) is 5.10 Å². The van der Waals surface area contributed by atoms with Crippen LogP contribution in [0.2, 0.25) is 10.0 Å². The SMILES string of the molecule is O=C(COc1cc(Cl)ccc1Cl)NN=Cc1cc(Br)cc(Br)c1OC(=O)c1cccc(F)c1. The molecule has 33 heavy (non-hydrogen) atoms. The third-order valence-corrected chi connectivity index (χ3v) is 5.53. The van der Waals surface area contributed by atoms with Gasteiger partial charge >= 0.3 is 5.97 Å². The molecular weight excluding hydrogens is 606 g/mol. The fourth-order valence-corrected chi connectivity index (χ4v) is 4.16. The average Bonchev–Trinajstić information content (AvgIpc) is 2.76. The first-order chi connectivity index (χ1) is 15.7. The molecule has 0 spiro atoms. The molecule has 0 aliphatic rings. The molecule has 0 bridgehead atoms. The fraction of sp³-hybridized carbons (Fsp3) is 0.0455. The number of esters is 1. The van der Waals surface area contributed by atoms with Gasteiger partial charge in [-0.05, 0) is 58.4 Å². The number of benzene rings is 3. The number of halogens is 5. The van der Waals surface area contributed by atoms with Gasteiger partial charge in [0.2, 0.25) is 0 Å². The number of nitrogens with one attached hydrogen (secondary N) is 1. The van der Waals surface area contributed by atoms with E-state index in [1.54, 1.807) is 24.3 Å². The van der Waals surface area contributed by atoms with Crippen molar-refractivity contribution < 1.29 is 23.5 Å². The molecule has 3 aromatic rings. The van der Waals surface area contributed by atoms with Crippen molar-refractivity contribution in [1.82, 2.24) is 5.43 Å². The third kappa shape index (κ3) is 7.26. The molecule has 0 aliphatic heterocycles. The summed E-state index contributed by atoms with van der Waals surface area (Å²) in [7, 11) is 0. The average molecular weight is 619 g/mol. The predicted molar refractivity (Wildman–Crippen MR) is 131 cm³/mol. The molecule has 0 radical (unpaired) electrons. The Bertz CT molecular complexity index is 1240. The van der Waals surface area contributed by atoms with E-state index in [2.05, 4.69) is 42.4 Å². The molecule has 3 rings (SSSR count). The highest BCUT2D eigenvalue weighted by atomic mass is 79.9. The monoisotopic (exact) mass is 616 g/mol. The zero-order valence-electron chi connectivity index (χ0n) is 16.5. The summed E-state index contributed by atoms with van der Waals surface area (Å²) in [6, 6.07) is 13.0. The van der Waals surface area contributed by atoms with E-state index in [-0.39, 0.29) is 23.7 Å². The summed E-state index contributed by atoms with van der Waals surface area (Å²) in [5, 5.41) is 4.59. The van der Waals surface area contributed by atoms with Crippen molar-refractivity contribution in [1.29, 1.82) is 0 Å². The fourth-order valence-electron chi connectivity index (χ4n) is 2.49. The van der Waals surface area contributed by atoms with Gasteiger partial charge < -0.3 is 9.47 Å². The van der Waals surface area contributed by atoms with Crippen LogP contribution in [0.3, 0.4) is 0 Å². The third-order valence-electron chi connectivity index (χ3n) is 3.94. The molecule has 0 saturated heterocycles. The van der Waals surface area contributed by atoms with E-state index < -0.39 is 17.7 Å². The first-order valence-corrected chi connectivity index (χ1v) is 11.4. The number of rotatable bonds is 7. The second-order valence-corrected chi connectivity index (χ2v) is 8.98. The Labute approximate surface area is 214 Å². The summed E-state index contributed by atoms with van der Waals surface area (Å²) in [5.41, 5.74) is 2.70. The van der Waals surface area contributed by atoms with E-state index in [0.29, 0.717) is 24.6 Å². The molecule has 6 nitrogen and oxygen atoms in total. The molecule has 0 saturated carbocycles. The van der Waals surface area contributed by atoms with Gasteiger partial charge in [-0.25, -0.2) is 14.6 Å². The van der Waals surface area contributed by atoms with Crippen molar-refractivity contribution in [3.8, 4) is 11.5 Å². The van der Waals surface area contributed by atoms with Gasteiger partial charge in [0.15, 0.2) is 12.4 Å². The molecule has 3 aromatic carbocycles. The molecular formula is C22H13Br2Cl2FN2O4. The largest absolute Gasteiger partial charge is 0.482 e. The van der Waals surface area contributed by atoms with Crippen LogP contribution in [0.25, 0.3) is 0 Å². The van der Waals surface area contributed by atoms with E-state index in [0.717, 1.165) is 6.07 Å². The van der Waals surface area contributed by atoms with Crippen molar-refractivity contribution in [2.45, 2.75) is 0 Å². The van der Waals surface area contributed by atoms with Crippen molar-refractivity contribution >= 4 is 73.2 Å². The topological polar surface area (TPSA) is 77.0 Å². The van der Waals surface area contributed by atoms with Crippen LogP contribution in [-0.4, -0.2) is 24.7 Å². The Morgan fingerprint density at radius 2 is 1.88 bits per heavy atom. The van der Waals surface area contributed by atoms with Crippen LogP contribution in [0.4, 0.5) is 4.39 Å². The van der Waals surface area contributed by atoms with E-state index >= 15 is 0 Å².